The molecular formula is C17H19F2NO. The van der Waals surface area contributed by atoms with Crippen LogP contribution in [0.15, 0.2) is 42.5 Å². The van der Waals surface area contributed by atoms with Crippen LogP contribution in [0.1, 0.15) is 31.0 Å². The van der Waals surface area contributed by atoms with Gasteiger partial charge in [0, 0.05) is 5.56 Å². The smallest absolute Gasteiger partial charge is 0.163 e. The molecule has 1 unspecified atom stereocenters. The Bertz CT molecular complexity index is 613. The van der Waals surface area contributed by atoms with Crippen molar-refractivity contribution >= 4 is 0 Å². The molecule has 0 bridgehead atoms. The highest BCUT2D eigenvalue weighted by Gasteiger charge is 2.19. The maximum absolute atomic E-state index is 14.0. The van der Waals surface area contributed by atoms with E-state index in [4.69, 9.17) is 4.74 Å². The van der Waals surface area contributed by atoms with Gasteiger partial charge in [-0.15, -0.1) is 0 Å². The number of hydrogen-bond donors (Lipinski definition) is 1. The minimum Gasteiger partial charge on any atom is -0.491 e. The summed E-state index contributed by atoms with van der Waals surface area (Å²) in [6.07, 6.45) is 0.0548. The van der Waals surface area contributed by atoms with Gasteiger partial charge in [-0.05, 0) is 44.7 Å². The van der Waals surface area contributed by atoms with Gasteiger partial charge in [-0.2, -0.15) is 0 Å². The van der Waals surface area contributed by atoms with Crippen molar-refractivity contribution in [1.82, 2.24) is 5.32 Å². The largest absolute Gasteiger partial charge is 0.491 e. The van der Waals surface area contributed by atoms with E-state index in [0.717, 1.165) is 11.6 Å². The van der Waals surface area contributed by atoms with Crippen LogP contribution in [0, 0.1) is 11.6 Å². The number of benzene rings is 2. The summed E-state index contributed by atoms with van der Waals surface area (Å²) in [5.41, 5.74) is 1.10. The molecule has 2 aromatic carbocycles. The predicted octanol–water partition coefficient (Wildman–Crippen LogP) is 4.06. The average Bonchev–Trinajstić information content (AvgIpc) is 2.44. The van der Waals surface area contributed by atoms with Gasteiger partial charge in [0.05, 0.1) is 12.1 Å². The van der Waals surface area contributed by atoms with E-state index >= 15 is 0 Å². The van der Waals surface area contributed by atoms with Crippen molar-refractivity contribution in [2.24, 2.45) is 0 Å². The molecule has 0 radical (unpaired) electrons. The highest BCUT2D eigenvalue weighted by atomic mass is 19.2. The Hall–Kier alpha value is -1.94. The van der Waals surface area contributed by atoms with Crippen LogP contribution < -0.4 is 10.1 Å². The molecule has 0 fully saturated rings. The van der Waals surface area contributed by atoms with Gasteiger partial charge >= 0.3 is 0 Å². The summed E-state index contributed by atoms with van der Waals surface area (Å²) in [4.78, 5) is 0. The molecule has 112 valence electrons. The molecule has 21 heavy (non-hydrogen) atoms. The summed E-state index contributed by atoms with van der Waals surface area (Å²) in [5.74, 6) is -0.964. The lowest BCUT2D eigenvalue weighted by Crippen LogP contribution is -2.19. The molecular weight excluding hydrogens is 272 g/mol. The highest BCUT2D eigenvalue weighted by molar-refractivity contribution is 5.37. The van der Waals surface area contributed by atoms with Gasteiger partial charge < -0.3 is 10.1 Å². The summed E-state index contributed by atoms with van der Waals surface area (Å²) in [6, 6.07) is 11.2. The third kappa shape index (κ3) is 3.58. The second-order valence-corrected chi connectivity index (χ2v) is 5.10. The number of ether oxygens (including phenoxy) is 1. The Morgan fingerprint density at radius 2 is 1.76 bits per heavy atom. The van der Waals surface area contributed by atoms with Crippen LogP contribution in [-0.2, 0) is 0 Å². The van der Waals surface area contributed by atoms with E-state index in [-0.39, 0.29) is 11.7 Å². The number of nitrogens with one attached hydrogen (secondary N) is 1. The van der Waals surface area contributed by atoms with Gasteiger partial charge in [-0.1, -0.05) is 24.3 Å². The summed E-state index contributed by atoms with van der Waals surface area (Å²) in [6.45, 7) is 3.88. The zero-order valence-electron chi connectivity index (χ0n) is 12.4. The maximum Gasteiger partial charge on any atom is 0.163 e. The van der Waals surface area contributed by atoms with Crippen LogP contribution in [0.3, 0.4) is 0 Å². The van der Waals surface area contributed by atoms with Crippen molar-refractivity contribution in [3.63, 3.8) is 0 Å². The first-order valence-corrected chi connectivity index (χ1v) is 6.90. The van der Waals surface area contributed by atoms with Crippen LogP contribution in [0.25, 0.3) is 0 Å². The van der Waals surface area contributed by atoms with Gasteiger partial charge in [0.2, 0.25) is 0 Å². The molecule has 0 amide bonds. The molecule has 2 rings (SSSR count). The van der Waals surface area contributed by atoms with Gasteiger partial charge in [0.15, 0.2) is 11.6 Å². The Morgan fingerprint density at radius 1 is 1.05 bits per heavy atom. The molecule has 4 heteroatoms. The van der Waals surface area contributed by atoms with E-state index in [9.17, 15) is 8.78 Å². The maximum atomic E-state index is 14.0. The van der Waals surface area contributed by atoms with Crippen LogP contribution in [0.2, 0.25) is 0 Å². The van der Waals surface area contributed by atoms with E-state index in [1.807, 2.05) is 38.1 Å². The van der Waals surface area contributed by atoms with Gasteiger partial charge in [0.25, 0.3) is 0 Å². The highest BCUT2D eigenvalue weighted by Crippen LogP contribution is 2.28. The number of halogens is 2. The monoisotopic (exact) mass is 291 g/mol. The molecule has 0 aliphatic rings. The zero-order chi connectivity index (χ0) is 15.4. The summed E-state index contributed by atoms with van der Waals surface area (Å²) in [5, 5.41) is 3.02. The van der Waals surface area contributed by atoms with Crippen molar-refractivity contribution in [2.45, 2.75) is 26.0 Å². The molecule has 0 aromatic heterocycles. The van der Waals surface area contributed by atoms with Crippen LogP contribution >= 0.6 is 0 Å². The lowest BCUT2D eigenvalue weighted by atomic mass is 9.98. The first kappa shape index (κ1) is 15.4. The summed E-state index contributed by atoms with van der Waals surface area (Å²) in [7, 11) is 1.71. The van der Waals surface area contributed by atoms with Gasteiger partial charge in [0.1, 0.15) is 5.75 Å². The molecule has 0 saturated heterocycles. The minimum atomic E-state index is -0.845. The van der Waals surface area contributed by atoms with Crippen molar-refractivity contribution < 1.29 is 13.5 Å². The summed E-state index contributed by atoms with van der Waals surface area (Å²) >= 11 is 0. The van der Waals surface area contributed by atoms with Crippen LogP contribution in [0.5, 0.6) is 5.75 Å². The van der Waals surface area contributed by atoms with Crippen molar-refractivity contribution in [2.75, 3.05) is 7.05 Å². The zero-order valence-corrected chi connectivity index (χ0v) is 12.4. The first-order valence-electron chi connectivity index (χ1n) is 6.90. The van der Waals surface area contributed by atoms with Crippen LogP contribution in [-0.4, -0.2) is 13.2 Å². The van der Waals surface area contributed by atoms with E-state index in [1.54, 1.807) is 13.1 Å². The third-order valence-corrected chi connectivity index (χ3v) is 3.14. The second kappa shape index (κ2) is 6.68. The van der Waals surface area contributed by atoms with Crippen molar-refractivity contribution in [3.8, 4) is 5.75 Å². The Labute approximate surface area is 123 Å². The first-order chi connectivity index (χ1) is 10.0. The molecule has 0 saturated carbocycles. The Morgan fingerprint density at radius 3 is 2.43 bits per heavy atom. The molecule has 2 aromatic rings. The molecule has 2 nitrogen and oxygen atoms in total. The molecule has 0 aliphatic heterocycles. The van der Waals surface area contributed by atoms with E-state index in [0.29, 0.717) is 5.75 Å². The Kier molecular flexibility index (Phi) is 4.91. The quantitative estimate of drug-likeness (QED) is 0.897. The van der Waals surface area contributed by atoms with E-state index in [1.165, 1.54) is 6.07 Å². The van der Waals surface area contributed by atoms with Crippen molar-refractivity contribution in [1.29, 1.82) is 0 Å². The van der Waals surface area contributed by atoms with Crippen LogP contribution in [0.4, 0.5) is 8.78 Å². The molecule has 1 N–H and O–H groups in total. The predicted molar refractivity (Wildman–Crippen MR) is 79.5 cm³/mol. The standard InChI is InChI=1S/C17H19F2NO/c1-11(2)21-13-7-4-6-12(10-13)17(20-3)14-8-5-9-15(18)16(14)19/h4-11,17,20H,1-3H3. The lowest BCUT2D eigenvalue weighted by molar-refractivity contribution is 0.242. The molecule has 0 spiro atoms. The molecule has 1 atom stereocenters. The second-order valence-electron chi connectivity index (χ2n) is 5.10. The SMILES string of the molecule is CNC(c1cccc(OC(C)C)c1)c1cccc(F)c1F. The van der Waals surface area contributed by atoms with E-state index < -0.39 is 17.7 Å². The Balaban J connectivity index is 2.39. The fourth-order valence-electron chi connectivity index (χ4n) is 2.28. The van der Waals surface area contributed by atoms with E-state index in [2.05, 4.69) is 5.32 Å². The van der Waals surface area contributed by atoms with Crippen molar-refractivity contribution in [3.05, 3.63) is 65.2 Å². The fraction of sp³-hybridized carbons (Fsp3) is 0.294. The van der Waals surface area contributed by atoms with Gasteiger partial charge in [-0.25, -0.2) is 8.78 Å². The number of rotatable bonds is 5. The normalized spacial score (nSPS) is 12.5. The topological polar surface area (TPSA) is 21.3 Å². The fourth-order valence-corrected chi connectivity index (χ4v) is 2.28. The third-order valence-electron chi connectivity index (χ3n) is 3.14. The average molecular weight is 291 g/mol. The molecule has 0 heterocycles. The summed E-state index contributed by atoms with van der Waals surface area (Å²) < 4.78 is 33.0. The molecule has 0 aliphatic carbocycles. The van der Waals surface area contributed by atoms with Gasteiger partial charge in [-0.3, -0.25) is 0 Å². The number of hydrogen-bond acceptors (Lipinski definition) is 2. The lowest BCUT2D eigenvalue weighted by Gasteiger charge is -2.19. The minimum absolute atomic E-state index is 0.0548.